The van der Waals surface area contributed by atoms with E-state index < -0.39 is 60.6 Å². The number of halogens is 4. The fourth-order valence-corrected chi connectivity index (χ4v) is 4.55. The number of carboxylic acid groups (broad SMARTS) is 1. The van der Waals surface area contributed by atoms with Crippen LogP contribution in [0.1, 0.15) is 62.6 Å². The van der Waals surface area contributed by atoms with Gasteiger partial charge in [-0.25, -0.2) is 22.4 Å². The molecule has 228 valence electrons. The molecular weight excluding hydrogens is 542 g/mol. The lowest BCUT2D eigenvalue weighted by atomic mass is 9.98. The SMILES string of the molecule is CCCCC(F)(F)CC[C@H](C(=O)N[C@@H](Cc1cc(F)cc(F)c1)[C@H](O)CNCc1cccc(CC)c1)N(C)C(=O)O. The maximum absolute atomic E-state index is 14.4. The van der Waals surface area contributed by atoms with Crippen LogP contribution >= 0.6 is 0 Å². The van der Waals surface area contributed by atoms with Crippen molar-refractivity contribution < 1.29 is 37.4 Å². The Morgan fingerprint density at radius 3 is 2.27 bits per heavy atom. The van der Waals surface area contributed by atoms with Gasteiger partial charge in [0.2, 0.25) is 11.8 Å². The van der Waals surface area contributed by atoms with Gasteiger partial charge in [-0.15, -0.1) is 0 Å². The number of hydrogen-bond acceptors (Lipinski definition) is 4. The zero-order valence-corrected chi connectivity index (χ0v) is 23.8. The van der Waals surface area contributed by atoms with Crippen molar-refractivity contribution in [1.82, 2.24) is 15.5 Å². The van der Waals surface area contributed by atoms with E-state index in [1.807, 2.05) is 31.2 Å². The molecule has 2 rings (SSSR count). The number of carbonyl (C=O) groups is 2. The van der Waals surface area contributed by atoms with E-state index in [4.69, 9.17) is 0 Å². The van der Waals surface area contributed by atoms with E-state index in [9.17, 15) is 37.4 Å². The highest BCUT2D eigenvalue weighted by atomic mass is 19.3. The Morgan fingerprint density at radius 1 is 1.00 bits per heavy atom. The number of amides is 2. The third-order valence-corrected chi connectivity index (χ3v) is 7.00. The van der Waals surface area contributed by atoms with Crippen molar-refractivity contribution in [2.24, 2.45) is 0 Å². The fraction of sp³-hybridized carbons (Fsp3) is 0.533. The van der Waals surface area contributed by atoms with Gasteiger partial charge in [-0.1, -0.05) is 44.5 Å². The number of nitrogens with one attached hydrogen (secondary N) is 2. The predicted octanol–water partition coefficient (Wildman–Crippen LogP) is 5.29. The first kappa shape index (κ1) is 34.0. The van der Waals surface area contributed by atoms with E-state index in [0.717, 1.165) is 36.7 Å². The number of aliphatic hydroxyl groups is 1. The molecule has 7 nitrogen and oxygen atoms in total. The third-order valence-electron chi connectivity index (χ3n) is 7.00. The molecule has 0 saturated heterocycles. The van der Waals surface area contributed by atoms with Crippen LogP contribution in [0.15, 0.2) is 42.5 Å². The number of rotatable bonds is 17. The highest BCUT2D eigenvalue weighted by molar-refractivity contribution is 5.85. The molecule has 0 aromatic heterocycles. The number of unbranched alkanes of at least 4 members (excludes halogenated alkanes) is 1. The summed E-state index contributed by atoms with van der Waals surface area (Å²) in [7, 11) is 1.11. The Labute approximate surface area is 238 Å². The van der Waals surface area contributed by atoms with Crippen LogP contribution in [0.25, 0.3) is 0 Å². The minimum Gasteiger partial charge on any atom is -0.465 e. The molecule has 0 heterocycles. The molecule has 3 atom stereocenters. The molecule has 0 aliphatic heterocycles. The molecule has 0 unspecified atom stereocenters. The van der Waals surface area contributed by atoms with Crippen LogP contribution in [0.4, 0.5) is 22.4 Å². The summed E-state index contributed by atoms with van der Waals surface area (Å²) in [6.07, 6.45) is -2.77. The summed E-state index contributed by atoms with van der Waals surface area (Å²) in [4.78, 5) is 25.6. The summed E-state index contributed by atoms with van der Waals surface area (Å²) >= 11 is 0. The van der Waals surface area contributed by atoms with Crippen molar-refractivity contribution in [1.29, 1.82) is 0 Å². The maximum atomic E-state index is 14.4. The average molecular weight is 584 g/mol. The van der Waals surface area contributed by atoms with Gasteiger partial charge in [0.25, 0.3) is 0 Å². The van der Waals surface area contributed by atoms with Gasteiger partial charge in [0.15, 0.2) is 0 Å². The summed E-state index contributed by atoms with van der Waals surface area (Å²) in [6.45, 7) is 4.18. The molecule has 2 amide bonds. The number of benzene rings is 2. The van der Waals surface area contributed by atoms with Crippen molar-refractivity contribution in [2.45, 2.75) is 89.4 Å². The molecule has 41 heavy (non-hydrogen) atoms. The number of likely N-dealkylation sites (N-methyl/N-ethyl adjacent to an activating group) is 1. The van der Waals surface area contributed by atoms with Crippen molar-refractivity contribution in [3.05, 3.63) is 70.8 Å². The average Bonchev–Trinajstić information content (AvgIpc) is 2.91. The second-order valence-corrected chi connectivity index (χ2v) is 10.4. The second kappa shape index (κ2) is 16.3. The lowest BCUT2D eigenvalue weighted by molar-refractivity contribution is -0.128. The summed E-state index contributed by atoms with van der Waals surface area (Å²) in [5.41, 5.74) is 2.25. The molecule has 0 fully saturated rings. The van der Waals surface area contributed by atoms with Crippen LogP contribution in [0.2, 0.25) is 0 Å². The molecule has 0 aliphatic carbocycles. The van der Waals surface area contributed by atoms with Gasteiger partial charge in [-0.2, -0.15) is 0 Å². The van der Waals surface area contributed by atoms with E-state index in [-0.39, 0.29) is 31.4 Å². The lowest BCUT2D eigenvalue weighted by Crippen LogP contribution is -2.55. The molecule has 0 bridgehead atoms. The Hall–Kier alpha value is -3.18. The summed E-state index contributed by atoms with van der Waals surface area (Å²) in [5, 5.41) is 26.2. The summed E-state index contributed by atoms with van der Waals surface area (Å²) in [5.74, 6) is -5.65. The summed E-state index contributed by atoms with van der Waals surface area (Å²) in [6, 6.07) is 8.07. The highest BCUT2D eigenvalue weighted by Crippen LogP contribution is 2.28. The fourth-order valence-electron chi connectivity index (χ4n) is 4.55. The largest absolute Gasteiger partial charge is 0.465 e. The standard InChI is InChI=1S/C30H41F4N3O4/c1-4-6-11-30(33,34)12-10-26(37(3)29(40)41)28(39)36-25(16-22-14-23(31)17-24(32)15-22)27(38)19-35-18-21-9-7-8-20(5-2)13-21/h7-9,13-15,17,25-27,35,38H,4-6,10-12,16,18-19H2,1-3H3,(H,36,39)(H,40,41)/t25-,26+,27+/m0/s1. The minimum atomic E-state index is -3.08. The zero-order valence-electron chi connectivity index (χ0n) is 23.8. The van der Waals surface area contributed by atoms with Crippen LogP contribution in [0.3, 0.4) is 0 Å². The van der Waals surface area contributed by atoms with Crippen molar-refractivity contribution in [3.63, 3.8) is 0 Å². The molecule has 0 aliphatic rings. The Balaban J connectivity index is 2.21. The first-order chi connectivity index (χ1) is 19.3. The molecule has 11 heteroatoms. The quantitative estimate of drug-likeness (QED) is 0.190. The number of alkyl halides is 2. The van der Waals surface area contributed by atoms with E-state index in [0.29, 0.717) is 23.9 Å². The number of aryl methyl sites for hydroxylation is 1. The molecule has 0 radical (unpaired) electrons. The molecule has 0 spiro atoms. The van der Waals surface area contributed by atoms with Gasteiger partial charge in [0.1, 0.15) is 17.7 Å². The maximum Gasteiger partial charge on any atom is 0.407 e. The normalized spacial score (nSPS) is 13.9. The monoisotopic (exact) mass is 583 g/mol. The Morgan fingerprint density at radius 2 is 1.66 bits per heavy atom. The van der Waals surface area contributed by atoms with E-state index in [1.54, 1.807) is 6.92 Å². The number of aliphatic hydroxyl groups excluding tert-OH is 1. The minimum absolute atomic E-state index is 0.0202. The first-order valence-corrected chi connectivity index (χ1v) is 13.9. The topological polar surface area (TPSA) is 102 Å². The lowest BCUT2D eigenvalue weighted by Gasteiger charge is -2.30. The van der Waals surface area contributed by atoms with Crippen LogP contribution in [-0.4, -0.2) is 64.8 Å². The van der Waals surface area contributed by atoms with Gasteiger partial charge in [-0.3, -0.25) is 9.69 Å². The zero-order chi connectivity index (χ0) is 30.6. The first-order valence-electron chi connectivity index (χ1n) is 13.9. The highest BCUT2D eigenvalue weighted by Gasteiger charge is 2.35. The molecular formula is C30H41F4N3O4. The van der Waals surface area contributed by atoms with Crippen molar-refractivity contribution >= 4 is 12.0 Å². The smallest absolute Gasteiger partial charge is 0.407 e. The molecule has 0 saturated carbocycles. The Bertz CT molecular complexity index is 1110. The Kier molecular flexibility index (Phi) is 13.5. The van der Waals surface area contributed by atoms with Crippen LogP contribution in [-0.2, 0) is 24.2 Å². The predicted molar refractivity (Wildman–Crippen MR) is 149 cm³/mol. The van der Waals surface area contributed by atoms with Crippen molar-refractivity contribution in [2.75, 3.05) is 13.6 Å². The summed E-state index contributed by atoms with van der Waals surface area (Å²) < 4.78 is 56.5. The van der Waals surface area contributed by atoms with Gasteiger partial charge >= 0.3 is 6.09 Å². The molecule has 2 aromatic rings. The van der Waals surface area contributed by atoms with E-state index in [2.05, 4.69) is 10.6 Å². The number of nitrogens with zero attached hydrogens (tertiary/aromatic N) is 1. The second-order valence-electron chi connectivity index (χ2n) is 10.4. The van der Waals surface area contributed by atoms with E-state index in [1.165, 1.54) is 0 Å². The van der Waals surface area contributed by atoms with Gasteiger partial charge in [0, 0.05) is 39.0 Å². The van der Waals surface area contributed by atoms with Crippen LogP contribution in [0, 0.1) is 11.6 Å². The van der Waals surface area contributed by atoms with Gasteiger partial charge in [-0.05, 0) is 54.5 Å². The van der Waals surface area contributed by atoms with Crippen molar-refractivity contribution in [3.8, 4) is 0 Å². The van der Waals surface area contributed by atoms with E-state index >= 15 is 0 Å². The van der Waals surface area contributed by atoms with Crippen LogP contribution < -0.4 is 10.6 Å². The third kappa shape index (κ3) is 11.7. The molecule has 2 aromatic carbocycles. The molecule has 4 N–H and O–H groups in total. The van der Waals surface area contributed by atoms with Gasteiger partial charge < -0.3 is 20.8 Å². The van der Waals surface area contributed by atoms with Gasteiger partial charge in [0.05, 0.1) is 12.1 Å². The number of carbonyl (C=O) groups excluding carboxylic acids is 1. The van der Waals surface area contributed by atoms with Crippen LogP contribution in [0.5, 0.6) is 0 Å². The number of hydrogen-bond donors (Lipinski definition) is 4.